The number of likely N-dealkylation sites (tertiary alicyclic amines) is 1. The van der Waals surface area contributed by atoms with Crippen LogP contribution in [0.5, 0.6) is 5.75 Å². The van der Waals surface area contributed by atoms with Crippen molar-refractivity contribution in [2.24, 2.45) is 0 Å². The number of hydrogen-bond donors (Lipinski definition) is 0. The molecule has 33 heavy (non-hydrogen) atoms. The van der Waals surface area contributed by atoms with Crippen molar-refractivity contribution in [3.63, 3.8) is 0 Å². The minimum atomic E-state index is -0.244. The van der Waals surface area contributed by atoms with Crippen LogP contribution >= 0.6 is 0 Å². The standard InChI is InChI=1S/C27H36N2O4/c1-21-18-25(12-15-28(21)24-13-16-32-17-14-24)29(19-22-8-10-26(31-2)11-9-22)27(30)33-20-23-6-4-3-5-7-23/h3-11,21,24-25H,12-20H2,1-2H3. The van der Waals surface area contributed by atoms with Gasteiger partial charge in [-0.1, -0.05) is 42.5 Å². The van der Waals surface area contributed by atoms with Gasteiger partial charge in [-0.2, -0.15) is 0 Å². The van der Waals surface area contributed by atoms with Gasteiger partial charge in [0.1, 0.15) is 12.4 Å². The minimum absolute atomic E-state index is 0.154. The van der Waals surface area contributed by atoms with Gasteiger partial charge in [-0.15, -0.1) is 0 Å². The minimum Gasteiger partial charge on any atom is -0.497 e. The fourth-order valence-electron chi connectivity index (χ4n) is 5.08. The predicted molar refractivity (Wildman–Crippen MR) is 128 cm³/mol. The molecule has 4 rings (SSSR count). The first-order valence-electron chi connectivity index (χ1n) is 12.1. The van der Waals surface area contributed by atoms with E-state index >= 15 is 0 Å². The second-order valence-corrected chi connectivity index (χ2v) is 9.12. The third kappa shape index (κ3) is 6.27. The second kappa shape index (κ2) is 11.5. The predicted octanol–water partition coefficient (Wildman–Crippen LogP) is 4.87. The molecule has 0 radical (unpaired) electrons. The summed E-state index contributed by atoms with van der Waals surface area (Å²) in [6.07, 6.45) is 3.87. The van der Waals surface area contributed by atoms with Crippen molar-refractivity contribution < 1.29 is 19.0 Å². The largest absolute Gasteiger partial charge is 0.497 e. The molecule has 0 saturated carbocycles. The van der Waals surface area contributed by atoms with E-state index in [0.29, 0.717) is 18.6 Å². The number of piperidine rings is 1. The molecule has 0 spiro atoms. The molecule has 2 heterocycles. The number of rotatable bonds is 7. The Labute approximate surface area is 197 Å². The molecule has 2 aromatic rings. The Bertz CT molecular complexity index is 867. The molecule has 6 nitrogen and oxygen atoms in total. The summed E-state index contributed by atoms with van der Waals surface area (Å²) in [5, 5.41) is 0. The van der Waals surface area contributed by atoms with E-state index < -0.39 is 0 Å². The van der Waals surface area contributed by atoms with Crippen molar-refractivity contribution in [1.29, 1.82) is 0 Å². The molecule has 1 amide bonds. The molecule has 0 N–H and O–H groups in total. The quantitative estimate of drug-likeness (QED) is 0.600. The van der Waals surface area contributed by atoms with Gasteiger partial charge >= 0.3 is 6.09 Å². The summed E-state index contributed by atoms with van der Waals surface area (Å²) in [7, 11) is 1.66. The van der Waals surface area contributed by atoms with Crippen molar-refractivity contribution in [2.45, 2.75) is 63.9 Å². The first-order valence-corrected chi connectivity index (χ1v) is 12.1. The van der Waals surface area contributed by atoms with Crippen molar-refractivity contribution in [3.05, 3.63) is 65.7 Å². The second-order valence-electron chi connectivity index (χ2n) is 9.12. The lowest BCUT2D eigenvalue weighted by Crippen LogP contribution is -2.54. The highest BCUT2D eigenvalue weighted by Gasteiger charge is 2.35. The molecule has 2 fully saturated rings. The first kappa shape index (κ1) is 23.6. The van der Waals surface area contributed by atoms with Gasteiger partial charge in [-0.05, 0) is 55.9 Å². The van der Waals surface area contributed by atoms with E-state index in [2.05, 4.69) is 11.8 Å². The molecule has 0 aromatic heterocycles. The van der Waals surface area contributed by atoms with Gasteiger partial charge in [0.15, 0.2) is 0 Å². The number of carbonyl (C=O) groups is 1. The van der Waals surface area contributed by atoms with Gasteiger partial charge in [0, 0.05) is 44.4 Å². The lowest BCUT2D eigenvalue weighted by molar-refractivity contribution is -0.0114. The normalized spacial score (nSPS) is 22.0. The van der Waals surface area contributed by atoms with Crippen LogP contribution in [0.1, 0.15) is 43.7 Å². The number of carbonyl (C=O) groups excluding carboxylic acids is 1. The third-order valence-electron chi connectivity index (χ3n) is 6.95. The van der Waals surface area contributed by atoms with Crippen LogP contribution in [0.15, 0.2) is 54.6 Å². The average Bonchev–Trinajstić information content (AvgIpc) is 2.87. The summed E-state index contributed by atoms with van der Waals surface area (Å²) in [6, 6.07) is 19.0. The average molecular weight is 453 g/mol. The van der Waals surface area contributed by atoms with Crippen molar-refractivity contribution in [2.75, 3.05) is 26.9 Å². The van der Waals surface area contributed by atoms with Gasteiger partial charge in [-0.25, -0.2) is 4.79 Å². The van der Waals surface area contributed by atoms with Crippen molar-refractivity contribution in [1.82, 2.24) is 9.80 Å². The zero-order chi connectivity index (χ0) is 23.0. The molecular formula is C27H36N2O4. The van der Waals surface area contributed by atoms with Crippen LogP contribution in [0, 0.1) is 0 Å². The number of ether oxygens (including phenoxy) is 3. The zero-order valence-corrected chi connectivity index (χ0v) is 19.8. The summed E-state index contributed by atoms with van der Waals surface area (Å²) < 4.78 is 16.6. The Morgan fingerprint density at radius 1 is 1.03 bits per heavy atom. The van der Waals surface area contributed by atoms with Crippen molar-refractivity contribution in [3.8, 4) is 5.75 Å². The van der Waals surface area contributed by atoms with Gasteiger partial charge in [0.05, 0.1) is 7.11 Å². The Kier molecular flexibility index (Phi) is 8.24. The maximum absolute atomic E-state index is 13.3. The highest BCUT2D eigenvalue weighted by molar-refractivity contribution is 5.68. The lowest BCUT2D eigenvalue weighted by atomic mass is 9.93. The van der Waals surface area contributed by atoms with Crippen LogP contribution in [0.2, 0.25) is 0 Å². The fourth-order valence-corrected chi connectivity index (χ4v) is 5.08. The fraction of sp³-hybridized carbons (Fsp3) is 0.519. The first-order chi connectivity index (χ1) is 16.1. The van der Waals surface area contributed by atoms with Crippen LogP contribution in [0.4, 0.5) is 4.79 Å². The Hall–Kier alpha value is -2.57. The summed E-state index contributed by atoms with van der Waals surface area (Å²) in [5.74, 6) is 0.815. The molecular weight excluding hydrogens is 416 g/mol. The van der Waals surface area contributed by atoms with Gasteiger partial charge in [-0.3, -0.25) is 4.90 Å². The molecule has 2 saturated heterocycles. The number of methoxy groups -OCH3 is 1. The molecule has 178 valence electrons. The Morgan fingerprint density at radius 3 is 2.42 bits per heavy atom. The molecule has 6 heteroatoms. The maximum atomic E-state index is 13.3. The molecule has 2 aromatic carbocycles. The highest BCUT2D eigenvalue weighted by Crippen LogP contribution is 2.29. The summed E-state index contributed by atoms with van der Waals surface area (Å²) in [6.45, 7) is 5.82. The lowest BCUT2D eigenvalue weighted by Gasteiger charge is -2.46. The molecule has 2 unspecified atom stereocenters. The van der Waals surface area contributed by atoms with Crippen molar-refractivity contribution >= 4 is 6.09 Å². The van der Waals surface area contributed by atoms with Gasteiger partial charge in [0.2, 0.25) is 0 Å². The summed E-state index contributed by atoms with van der Waals surface area (Å²) in [4.78, 5) is 17.8. The van der Waals surface area contributed by atoms with E-state index in [0.717, 1.165) is 62.3 Å². The molecule has 2 atom stereocenters. The van der Waals surface area contributed by atoms with E-state index in [1.54, 1.807) is 7.11 Å². The van der Waals surface area contributed by atoms with Gasteiger partial charge < -0.3 is 19.1 Å². The van der Waals surface area contributed by atoms with Crippen LogP contribution in [0.3, 0.4) is 0 Å². The Morgan fingerprint density at radius 2 is 1.76 bits per heavy atom. The number of nitrogens with zero attached hydrogens (tertiary/aromatic N) is 2. The van der Waals surface area contributed by atoms with E-state index in [-0.39, 0.29) is 18.7 Å². The Balaban J connectivity index is 1.44. The van der Waals surface area contributed by atoms with Crippen LogP contribution in [-0.4, -0.2) is 60.9 Å². The number of hydrogen-bond acceptors (Lipinski definition) is 5. The van der Waals surface area contributed by atoms with E-state index in [9.17, 15) is 4.79 Å². The number of benzene rings is 2. The topological polar surface area (TPSA) is 51.2 Å². The molecule has 2 aliphatic heterocycles. The smallest absolute Gasteiger partial charge is 0.410 e. The zero-order valence-electron chi connectivity index (χ0n) is 19.8. The van der Waals surface area contributed by atoms with E-state index in [1.807, 2.05) is 59.5 Å². The highest BCUT2D eigenvalue weighted by atomic mass is 16.6. The molecule has 0 aliphatic carbocycles. The molecule has 0 bridgehead atoms. The number of amides is 1. The van der Waals surface area contributed by atoms with Crippen LogP contribution < -0.4 is 4.74 Å². The van der Waals surface area contributed by atoms with Crippen LogP contribution in [-0.2, 0) is 22.6 Å². The van der Waals surface area contributed by atoms with Crippen LogP contribution in [0.25, 0.3) is 0 Å². The monoisotopic (exact) mass is 452 g/mol. The van der Waals surface area contributed by atoms with E-state index in [1.165, 1.54) is 0 Å². The van der Waals surface area contributed by atoms with Gasteiger partial charge in [0.25, 0.3) is 0 Å². The summed E-state index contributed by atoms with van der Waals surface area (Å²) in [5.41, 5.74) is 2.07. The summed E-state index contributed by atoms with van der Waals surface area (Å²) >= 11 is 0. The molecule has 2 aliphatic rings. The SMILES string of the molecule is COc1ccc(CN(C(=O)OCc2ccccc2)C2CCN(C3CCOCC3)C(C)C2)cc1. The third-order valence-corrected chi connectivity index (χ3v) is 6.95. The maximum Gasteiger partial charge on any atom is 0.410 e. The van der Waals surface area contributed by atoms with E-state index in [4.69, 9.17) is 14.2 Å².